The molecule has 1 aromatic rings. The second-order valence-corrected chi connectivity index (χ2v) is 6.19. The Kier molecular flexibility index (Phi) is 3.82. The summed E-state index contributed by atoms with van der Waals surface area (Å²) < 4.78 is 0. The van der Waals surface area contributed by atoms with Gasteiger partial charge in [-0.1, -0.05) is 6.92 Å². The number of nitrogens with zero attached hydrogens (tertiary/aromatic N) is 2. The van der Waals surface area contributed by atoms with Crippen LogP contribution in [0.1, 0.15) is 30.2 Å². The van der Waals surface area contributed by atoms with Crippen molar-refractivity contribution in [2.24, 2.45) is 5.41 Å². The summed E-state index contributed by atoms with van der Waals surface area (Å²) in [4.78, 5) is 3.62. The average Bonchev–Trinajstić information content (AvgIpc) is 2.77. The maximum atomic E-state index is 9.41. The van der Waals surface area contributed by atoms with Gasteiger partial charge in [-0.3, -0.25) is 4.90 Å². The molecule has 1 saturated heterocycles. The van der Waals surface area contributed by atoms with Crippen molar-refractivity contribution in [2.45, 2.75) is 26.3 Å². The van der Waals surface area contributed by atoms with Crippen molar-refractivity contribution >= 4 is 11.3 Å². The Bertz CT molecular complexity index is 423. The highest BCUT2D eigenvalue weighted by atomic mass is 32.1. The molecule has 1 aliphatic heterocycles. The van der Waals surface area contributed by atoms with Gasteiger partial charge in [-0.15, -0.1) is 11.3 Å². The number of nitriles is 1. The van der Waals surface area contributed by atoms with E-state index in [0.29, 0.717) is 0 Å². The Labute approximate surface area is 106 Å². The van der Waals surface area contributed by atoms with E-state index in [2.05, 4.69) is 17.9 Å². The van der Waals surface area contributed by atoms with Gasteiger partial charge in [0.1, 0.15) is 6.07 Å². The third-order valence-electron chi connectivity index (χ3n) is 3.40. The predicted octanol–water partition coefficient (Wildman–Crippen LogP) is 2.21. The van der Waals surface area contributed by atoms with Crippen LogP contribution in [0.2, 0.25) is 0 Å². The fourth-order valence-corrected chi connectivity index (χ4v) is 3.29. The van der Waals surface area contributed by atoms with Gasteiger partial charge in [0.15, 0.2) is 0 Å². The Hall–Kier alpha value is -0.890. The highest BCUT2D eigenvalue weighted by Crippen LogP contribution is 2.30. The van der Waals surface area contributed by atoms with Gasteiger partial charge in [-0.25, -0.2) is 0 Å². The van der Waals surface area contributed by atoms with Crippen molar-refractivity contribution in [3.63, 3.8) is 0 Å². The molecular formula is C13H18N2OS. The third-order valence-corrected chi connectivity index (χ3v) is 4.33. The molecule has 0 saturated carbocycles. The van der Waals surface area contributed by atoms with E-state index in [9.17, 15) is 5.11 Å². The van der Waals surface area contributed by atoms with Gasteiger partial charge < -0.3 is 5.11 Å². The highest BCUT2D eigenvalue weighted by Gasteiger charge is 2.30. The molecule has 1 aliphatic rings. The summed E-state index contributed by atoms with van der Waals surface area (Å²) in [6.07, 6.45) is 2.25. The maximum Gasteiger partial charge on any atom is 0.100 e. The van der Waals surface area contributed by atoms with Gasteiger partial charge in [-0.05, 0) is 25.5 Å². The number of aliphatic hydroxyl groups is 1. The van der Waals surface area contributed by atoms with Crippen molar-refractivity contribution < 1.29 is 5.11 Å². The minimum absolute atomic E-state index is 0.0492. The van der Waals surface area contributed by atoms with Crippen LogP contribution in [0.15, 0.2) is 11.4 Å². The molecule has 1 atom stereocenters. The fourth-order valence-electron chi connectivity index (χ4n) is 2.43. The largest absolute Gasteiger partial charge is 0.396 e. The van der Waals surface area contributed by atoms with Gasteiger partial charge in [0.25, 0.3) is 0 Å². The van der Waals surface area contributed by atoms with Gasteiger partial charge in [0.05, 0.1) is 5.56 Å². The number of rotatable bonds is 3. The van der Waals surface area contributed by atoms with Crippen LogP contribution in [0.25, 0.3) is 0 Å². The number of aliphatic hydroxyl groups excluding tert-OH is 1. The van der Waals surface area contributed by atoms with Crippen LogP contribution in [0.5, 0.6) is 0 Å². The average molecular weight is 250 g/mol. The quantitative estimate of drug-likeness (QED) is 0.894. The highest BCUT2D eigenvalue weighted by molar-refractivity contribution is 7.10. The molecule has 0 spiro atoms. The fraction of sp³-hybridized carbons (Fsp3) is 0.615. The summed E-state index contributed by atoms with van der Waals surface area (Å²) in [5, 5.41) is 20.1. The smallest absolute Gasteiger partial charge is 0.100 e. The Morgan fingerprint density at radius 2 is 2.47 bits per heavy atom. The van der Waals surface area contributed by atoms with Crippen LogP contribution >= 0.6 is 11.3 Å². The molecular weight excluding hydrogens is 232 g/mol. The minimum Gasteiger partial charge on any atom is -0.396 e. The molecule has 2 heterocycles. The number of hydrogen-bond acceptors (Lipinski definition) is 4. The summed E-state index contributed by atoms with van der Waals surface area (Å²) >= 11 is 1.65. The summed E-state index contributed by atoms with van der Waals surface area (Å²) in [5.74, 6) is 0. The summed E-state index contributed by atoms with van der Waals surface area (Å²) in [6.45, 7) is 5.35. The number of piperidine rings is 1. The molecule has 1 fully saturated rings. The van der Waals surface area contributed by atoms with Crippen molar-refractivity contribution in [3.05, 3.63) is 21.9 Å². The lowest BCUT2D eigenvalue weighted by atomic mass is 9.83. The van der Waals surface area contributed by atoms with Crippen molar-refractivity contribution in [2.75, 3.05) is 19.7 Å². The van der Waals surface area contributed by atoms with Crippen LogP contribution in [0, 0.1) is 16.7 Å². The summed E-state index contributed by atoms with van der Waals surface area (Å²) in [5.41, 5.74) is 0.806. The molecule has 0 amide bonds. The van der Waals surface area contributed by atoms with E-state index in [4.69, 9.17) is 5.26 Å². The molecule has 1 unspecified atom stereocenters. The van der Waals surface area contributed by atoms with E-state index in [1.54, 1.807) is 11.3 Å². The molecule has 1 N–H and O–H groups in total. The molecule has 1 aromatic heterocycles. The monoisotopic (exact) mass is 250 g/mol. The lowest BCUT2D eigenvalue weighted by Crippen LogP contribution is -2.42. The normalized spacial score (nSPS) is 25.7. The number of likely N-dealkylation sites (tertiary alicyclic amines) is 1. The van der Waals surface area contributed by atoms with Crippen LogP contribution in [0.4, 0.5) is 0 Å². The van der Waals surface area contributed by atoms with E-state index in [0.717, 1.165) is 38.0 Å². The van der Waals surface area contributed by atoms with Crippen LogP contribution in [-0.4, -0.2) is 29.7 Å². The zero-order valence-electron chi connectivity index (χ0n) is 10.1. The Morgan fingerprint density at radius 3 is 3.12 bits per heavy atom. The van der Waals surface area contributed by atoms with Crippen LogP contribution in [0.3, 0.4) is 0 Å². The van der Waals surface area contributed by atoms with Crippen molar-refractivity contribution in [3.8, 4) is 6.07 Å². The van der Waals surface area contributed by atoms with Crippen molar-refractivity contribution in [1.82, 2.24) is 4.90 Å². The molecule has 0 bridgehead atoms. The molecule has 92 valence electrons. The van der Waals surface area contributed by atoms with E-state index < -0.39 is 0 Å². The first-order chi connectivity index (χ1) is 8.15. The molecule has 0 aliphatic carbocycles. The second-order valence-electron chi connectivity index (χ2n) is 5.20. The maximum absolute atomic E-state index is 9.41. The second kappa shape index (κ2) is 5.18. The first-order valence-corrected chi connectivity index (χ1v) is 6.84. The summed E-state index contributed by atoms with van der Waals surface area (Å²) in [6, 6.07) is 4.13. The molecule has 2 rings (SSSR count). The van der Waals surface area contributed by atoms with Gasteiger partial charge in [-0.2, -0.15) is 5.26 Å². The minimum atomic E-state index is 0.0492. The van der Waals surface area contributed by atoms with E-state index in [1.165, 1.54) is 4.88 Å². The zero-order chi connectivity index (χ0) is 12.3. The predicted molar refractivity (Wildman–Crippen MR) is 68.7 cm³/mol. The van der Waals surface area contributed by atoms with E-state index >= 15 is 0 Å². The lowest BCUT2D eigenvalue weighted by molar-refractivity contribution is 0.0434. The Balaban J connectivity index is 1.97. The molecule has 3 nitrogen and oxygen atoms in total. The SMILES string of the molecule is CC1(CO)CCCN(Cc2cc(C#N)cs2)C1. The van der Waals surface area contributed by atoms with E-state index in [-0.39, 0.29) is 12.0 Å². The lowest BCUT2D eigenvalue weighted by Gasteiger charge is -2.39. The zero-order valence-corrected chi connectivity index (χ0v) is 11.0. The third kappa shape index (κ3) is 3.06. The van der Waals surface area contributed by atoms with Crippen LogP contribution < -0.4 is 0 Å². The summed E-state index contributed by atoms with van der Waals surface area (Å²) in [7, 11) is 0. The van der Waals surface area contributed by atoms with Crippen LogP contribution in [-0.2, 0) is 6.54 Å². The van der Waals surface area contributed by atoms with Gasteiger partial charge in [0.2, 0.25) is 0 Å². The first kappa shape index (κ1) is 12.6. The van der Waals surface area contributed by atoms with Crippen molar-refractivity contribution in [1.29, 1.82) is 5.26 Å². The molecule has 4 heteroatoms. The molecule has 0 radical (unpaired) electrons. The topological polar surface area (TPSA) is 47.3 Å². The number of thiophene rings is 1. The van der Waals surface area contributed by atoms with Gasteiger partial charge >= 0.3 is 0 Å². The molecule has 0 aromatic carbocycles. The molecule has 17 heavy (non-hydrogen) atoms. The van der Waals surface area contributed by atoms with E-state index in [1.807, 2.05) is 11.4 Å². The van der Waals surface area contributed by atoms with Gasteiger partial charge in [0, 0.05) is 35.4 Å². The first-order valence-electron chi connectivity index (χ1n) is 5.96. The standard InChI is InChI=1S/C13H18N2OS/c1-13(10-16)3-2-4-15(9-13)7-12-5-11(6-14)8-17-12/h5,8,16H,2-4,7,9-10H2,1H3. The Morgan fingerprint density at radius 1 is 1.65 bits per heavy atom. The number of hydrogen-bond donors (Lipinski definition) is 1.